The van der Waals surface area contributed by atoms with E-state index in [1.807, 2.05) is 0 Å². The van der Waals surface area contributed by atoms with Crippen molar-refractivity contribution in [3.05, 3.63) is 59.2 Å². The maximum atomic E-state index is 14.0. The Morgan fingerprint density at radius 3 is 2.50 bits per heavy atom. The van der Waals surface area contributed by atoms with Crippen LogP contribution in [0.25, 0.3) is 0 Å². The zero-order valence-corrected chi connectivity index (χ0v) is 16.6. The highest BCUT2D eigenvalue weighted by Gasteiger charge is 2.28. The summed E-state index contributed by atoms with van der Waals surface area (Å²) in [4.78, 5) is 14.4. The van der Waals surface area contributed by atoms with E-state index in [4.69, 9.17) is 0 Å². The van der Waals surface area contributed by atoms with Gasteiger partial charge in [0.25, 0.3) is 5.91 Å². The van der Waals surface area contributed by atoms with Crippen LogP contribution in [0, 0.1) is 11.6 Å². The lowest BCUT2D eigenvalue weighted by Gasteiger charge is -2.30. The van der Waals surface area contributed by atoms with Crippen LogP contribution in [0.15, 0.2) is 41.3 Å². The van der Waals surface area contributed by atoms with Crippen molar-refractivity contribution >= 4 is 21.6 Å². The van der Waals surface area contributed by atoms with Crippen LogP contribution in [0.4, 0.5) is 14.5 Å². The van der Waals surface area contributed by atoms with Crippen LogP contribution < -0.4 is 4.90 Å². The first kappa shape index (κ1) is 20.4. The Bertz CT molecular complexity index is 1000. The molecule has 0 aromatic heterocycles. The normalized spacial score (nSPS) is 14.2. The highest BCUT2D eigenvalue weighted by atomic mass is 32.2. The number of aryl methyl sites for hydroxylation is 1. The van der Waals surface area contributed by atoms with Crippen LogP contribution in [0.5, 0.6) is 0 Å². The molecule has 0 atom stereocenters. The number of hydrogen-bond donors (Lipinski definition) is 0. The Balaban J connectivity index is 2.00. The Kier molecular flexibility index (Phi) is 5.81. The van der Waals surface area contributed by atoms with Gasteiger partial charge in [-0.2, -0.15) is 4.31 Å². The first-order chi connectivity index (χ1) is 13.3. The van der Waals surface area contributed by atoms with Crippen LogP contribution in [-0.4, -0.2) is 38.3 Å². The number of carbonyl (C=O) groups is 1. The van der Waals surface area contributed by atoms with E-state index in [0.29, 0.717) is 43.7 Å². The molecule has 1 heterocycles. The summed E-state index contributed by atoms with van der Waals surface area (Å²) in [6, 6.07) is 7.36. The first-order valence-electron chi connectivity index (χ1n) is 9.19. The van der Waals surface area contributed by atoms with Gasteiger partial charge in [0.05, 0.1) is 10.5 Å². The van der Waals surface area contributed by atoms with Crippen LogP contribution in [0.3, 0.4) is 0 Å². The largest absolute Gasteiger partial charge is 0.308 e. The summed E-state index contributed by atoms with van der Waals surface area (Å²) < 4.78 is 54.4. The van der Waals surface area contributed by atoms with Crippen molar-refractivity contribution in [2.75, 3.05) is 24.5 Å². The summed E-state index contributed by atoms with van der Waals surface area (Å²) in [5.74, 6) is -2.13. The Morgan fingerprint density at radius 1 is 1.11 bits per heavy atom. The van der Waals surface area contributed by atoms with Crippen molar-refractivity contribution in [2.45, 2.75) is 31.6 Å². The van der Waals surface area contributed by atoms with E-state index >= 15 is 0 Å². The third kappa shape index (κ3) is 3.66. The van der Waals surface area contributed by atoms with Gasteiger partial charge < -0.3 is 4.90 Å². The number of hydrogen-bond acceptors (Lipinski definition) is 3. The summed E-state index contributed by atoms with van der Waals surface area (Å²) >= 11 is 0. The molecule has 0 saturated heterocycles. The SMILES string of the molecule is CCN(CC)S(=O)(=O)c1ccc2c(c1)CCCN2C(=O)c1cc(F)ccc1F. The van der Waals surface area contributed by atoms with Crippen LogP contribution in [0.2, 0.25) is 0 Å². The fraction of sp³-hybridized carbons (Fsp3) is 0.350. The van der Waals surface area contributed by atoms with Crippen molar-refractivity contribution in [1.82, 2.24) is 4.31 Å². The molecule has 0 aliphatic carbocycles. The first-order valence-corrected chi connectivity index (χ1v) is 10.6. The number of anilines is 1. The molecule has 1 aliphatic heterocycles. The molecule has 0 N–H and O–H groups in total. The van der Waals surface area contributed by atoms with E-state index in [0.717, 1.165) is 18.2 Å². The molecule has 2 aromatic rings. The van der Waals surface area contributed by atoms with E-state index in [-0.39, 0.29) is 10.5 Å². The fourth-order valence-corrected chi connectivity index (χ4v) is 4.97. The summed E-state index contributed by atoms with van der Waals surface area (Å²) in [5, 5.41) is 0. The average Bonchev–Trinajstić information content (AvgIpc) is 2.69. The minimum atomic E-state index is -3.62. The predicted octanol–water partition coefficient (Wildman–Crippen LogP) is 3.59. The molecule has 1 aliphatic rings. The van der Waals surface area contributed by atoms with Gasteiger partial charge in [0, 0.05) is 25.3 Å². The number of rotatable bonds is 5. The topological polar surface area (TPSA) is 57.7 Å². The van der Waals surface area contributed by atoms with Crippen LogP contribution >= 0.6 is 0 Å². The summed E-state index contributed by atoms with van der Waals surface area (Å²) in [6.45, 7) is 4.61. The molecule has 0 unspecified atom stereocenters. The number of fused-ring (bicyclic) bond motifs is 1. The summed E-state index contributed by atoms with van der Waals surface area (Å²) in [6.07, 6.45) is 1.21. The number of halogens is 2. The summed E-state index contributed by atoms with van der Waals surface area (Å²) in [7, 11) is -3.62. The standard InChI is InChI=1S/C20H22F2N2O3S/c1-3-23(4-2)28(26,27)16-8-10-19-14(12-16)6-5-11-24(19)20(25)17-13-15(21)7-9-18(17)22/h7-10,12-13H,3-6,11H2,1-2H3. The molecule has 0 saturated carbocycles. The van der Waals surface area contributed by atoms with Gasteiger partial charge in [0.2, 0.25) is 10.0 Å². The molecule has 0 bridgehead atoms. The van der Waals surface area contributed by atoms with E-state index in [1.165, 1.54) is 15.3 Å². The van der Waals surface area contributed by atoms with E-state index in [2.05, 4.69) is 0 Å². The van der Waals surface area contributed by atoms with Gasteiger partial charge in [-0.1, -0.05) is 13.8 Å². The Hall–Kier alpha value is -2.32. The lowest BCUT2D eigenvalue weighted by atomic mass is 10.0. The van der Waals surface area contributed by atoms with Crippen molar-refractivity contribution < 1.29 is 22.0 Å². The van der Waals surface area contributed by atoms with Crippen LogP contribution in [0.1, 0.15) is 36.2 Å². The number of carbonyl (C=O) groups excluding carboxylic acids is 1. The monoisotopic (exact) mass is 408 g/mol. The van der Waals surface area contributed by atoms with Gasteiger partial charge in [-0.25, -0.2) is 17.2 Å². The van der Waals surface area contributed by atoms with E-state index < -0.39 is 27.6 Å². The Morgan fingerprint density at radius 2 is 1.82 bits per heavy atom. The van der Waals surface area contributed by atoms with Gasteiger partial charge in [-0.3, -0.25) is 4.79 Å². The van der Waals surface area contributed by atoms with E-state index in [1.54, 1.807) is 26.0 Å². The second-order valence-electron chi connectivity index (χ2n) is 6.56. The molecular weight excluding hydrogens is 386 g/mol. The van der Waals surface area contributed by atoms with Gasteiger partial charge in [-0.05, 0) is 54.8 Å². The quantitative estimate of drug-likeness (QED) is 0.760. The number of amides is 1. The molecule has 150 valence electrons. The van der Waals surface area contributed by atoms with Gasteiger partial charge >= 0.3 is 0 Å². The smallest absolute Gasteiger partial charge is 0.261 e. The van der Waals surface area contributed by atoms with Crippen molar-refractivity contribution in [3.8, 4) is 0 Å². The third-order valence-electron chi connectivity index (χ3n) is 4.92. The lowest BCUT2D eigenvalue weighted by molar-refractivity contribution is 0.0980. The molecule has 3 rings (SSSR count). The van der Waals surface area contributed by atoms with Crippen LogP contribution in [-0.2, 0) is 16.4 Å². The highest BCUT2D eigenvalue weighted by Crippen LogP contribution is 2.32. The minimum absolute atomic E-state index is 0.168. The maximum Gasteiger partial charge on any atom is 0.261 e. The zero-order chi connectivity index (χ0) is 20.5. The highest BCUT2D eigenvalue weighted by molar-refractivity contribution is 7.89. The fourth-order valence-electron chi connectivity index (χ4n) is 3.46. The van der Waals surface area contributed by atoms with Crippen molar-refractivity contribution in [1.29, 1.82) is 0 Å². The van der Waals surface area contributed by atoms with Crippen molar-refractivity contribution in [2.24, 2.45) is 0 Å². The molecular formula is C20H22F2N2O3S. The molecule has 2 aromatic carbocycles. The third-order valence-corrected chi connectivity index (χ3v) is 6.96. The minimum Gasteiger partial charge on any atom is -0.308 e. The number of benzene rings is 2. The molecule has 28 heavy (non-hydrogen) atoms. The molecule has 0 spiro atoms. The average molecular weight is 408 g/mol. The molecule has 5 nitrogen and oxygen atoms in total. The summed E-state index contributed by atoms with van der Waals surface area (Å²) in [5.41, 5.74) is 0.885. The molecule has 0 radical (unpaired) electrons. The van der Waals surface area contributed by atoms with Crippen molar-refractivity contribution in [3.63, 3.8) is 0 Å². The predicted molar refractivity (Wildman–Crippen MR) is 103 cm³/mol. The van der Waals surface area contributed by atoms with E-state index in [9.17, 15) is 22.0 Å². The second-order valence-corrected chi connectivity index (χ2v) is 8.50. The lowest BCUT2D eigenvalue weighted by Crippen LogP contribution is -2.36. The second kappa shape index (κ2) is 7.97. The Labute approximate surface area is 163 Å². The van der Waals surface area contributed by atoms with Gasteiger partial charge in [0.1, 0.15) is 11.6 Å². The molecule has 8 heteroatoms. The molecule has 0 fully saturated rings. The number of nitrogens with zero attached hydrogens (tertiary/aromatic N) is 2. The molecule has 1 amide bonds. The maximum absolute atomic E-state index is 14.0. The number of sulfonamides is 1. The van der Waals surface area contributed by atoms with Gasteiger partial charge in [-0.15, -0.1) is 0 Å². The van der Waals surface area contributed by atoms with Gasteiger partial charge in [0.15, 0.2) is 0 Å². The zero-order valence-electron chi connectivity index (χ0n) is 15.8.